The van der Waals surface area contributed by atoms with Gasteiger partial charge in [0.2, 0.25) is 0 Å². The highest BCUT2D eigenvalue weighted by Crippen LogP contribution is 2.24. The number of nitrogens with zero attached hydrogens (tertiary/aromatic N) is 3. The van der Waals surface area contributed by atoms with E-state index in [0.29, 0.717) is 0 Å². The summed E-state index contributed by atoms with van der Waals surface area (Å²) >= 11 is 0. The topological polar surface area (TPSA) is 37.4 Å². The highest BCUT2D eigenvalue weighted by molar-refractivity contribution is 6.79. The molecule has 0 fully saturated rings. The summed E-state index contributed by atoms with van der Waals surface area (Å²) in [5, 5.41) is 0. The van der Waals surface area contributed by atoms with E-state index >= 15 is 0 Å². The molecule has 0 N–H and O–H groups in total. The molecule has 0 aromatic carbocycles. The Morgan fingerprint density at radius 3 is 1.04 bits per heavy atom. The summed E-state index contributed by atoms with van der Waals surface area (Å²) in [6, 6.07) is 0. The molecule has 6 nitrogen and oxygen atoms in total. The quantitative estimate of drug-likeness (QED) is 0.424. The van der Waals surface area contributed by atoms with Crippen molar-refractivity contribution in [3.63, 3.8) is 0 Å². The highest BCUT2D eigenvalue weighted by Gasteiger charge is 2.48. The Hall–Kier alpha value is -0.0662. The molecule has 0 atom stereocenters. The third kappa shape index (κ3) is 5.46. The van der Waals surface area contributed by atoms with Gasteiger partial charge in [0.25, 0.3) is 0 Å². The second-order valence-corrected chi connectivity index (χ2v) is 12.1. The van der Waals surface area contributed by atoms with Crippen molar-refractivity contribution in [2.45, 2.75) is 41.5 Å². The van der Waals surface area contributed by atoms with Crippen LogP contribution in [0.25, 0.3) is 0 Å². The zero-order valence-electron chi connectivity index (χ0n) is 18.0. The summed E-state index contributed by atoms with van der Waals surface area (Å²) < 4.78 is 24.8. The van der Waals surface area contributed by atoms with Gasteiger partial charge < -0.3 is 13.3 Å². The van der Waals surface area contributed by atoms with Crippen molar-refractivity contribution in [2.75, 3.05) is 60.6 Å². The zero-order chi connectivity index (χ0) is 19.5. The largest absolute Gasteiger partial charge is 0.528 e. The van der Waals surface area contributed by atoms with Crippen LogP contribution in [0.3, 0.4) is 0 Å². The molecule has 25 heavy (non-hydrogen) atoms. The molecule has 0 amide bonds. The number of hydrogen-bond donors (Lipinski definition) is 0. The van der Waals surface area contributed by atoms with Crippen LogP contribution >= 0.6 is 0 Å². The summed E-state index contributed by atoms with van der Waals surface area (Å²) in [6.07, 6.45) is 0. The van der Waals surface area contributed by atoms with Gasteiger partial charge in [-0.25, -0.2) is 0 Å². The van der Waals surface area contributed by atoms with Crippen LogP contribution < -0.4 is 0 Å². The Kier molecular flexibility index (Phi) is 12.3. The molecular weight excluding hydrogens is 350 g/mol. The maximum absolute atomic E-state index is 5.65. The first-order valence-corrected chi connectivity index (χ1v) is 13.3. The lowest BCUT2D eigenvalue weighted by molar-refractivity contribution is 0.138. The van der Waals surface area contributed by atoms with Gasteiger partial charge in [0.05, 0.1) is 0 Å². The molecule has 0 saturated carbocycles. The van der Waals surface area contributed by atoms with Crippen LogP contribution in [0.2, 0.25) is 0 Å². The first-order chi connectivity index (χ1) is 11.9. The molecule has 0 unspecified atom stereocenters. The van der Waals surface area contributed by atoms with Crippen molar-refractivity contribution >= 4 is 17.4 Å². The fraction of sp³-hybridized carbons (Fsp3) is 0.882. The minimum Gasteiger partial charge on any atom is -0.374 e. The van der Waals surface area contributed by atoms with E-state index < -0.39 is 17.4 Å². The van der Waals surface area contributed by atoms with Crippen LogP contribution in [0.15, 0.2) is 11.4 Å². The molecule has 0 aliphatic carbocycles. The summed E-state index contributed by atoms with van der Waals surface area (Å²) in [4.78, 5) is 0. The van der Waals surface area contributed by atoms with Crippen molar-refractivity contribution < 1.29 is 13.3 Å². The molecule has 0 heterocycles. The van der Waals surface area contributed by atoms with E-state index in [4.69, 9.17) is 13.3 Å². The molecule has 0 aromatic rings. The molecule has 0 aromatic heterocycles. The van der Waals surface area contributed by atoms with Crippen molar-refractivity contribution in [3.05, 3.63) is 11.4 Å². The van der Waals surface area contributed by atoms with E-state index in [0.717, 1.165) is 39.3 Å². The van der Waals surface area contributed by atoms with E-state index in [1.54, 1.807) is 21.3 Å². The maximum Gasteiger partial charge on any atom is 0.528 e. The van der Waals surface area contributed by atoms with E-state index in [2.05, 4.69) is 66.6 Å². The van der Waals surface area contributed by atoms with E-state index in [9.17, 15) is 0 Å². The van der Waals surface area contributed by atoms with Crippen LogP contribution in [0.4, 0.5) is 0 Å². The fourth-order valence-electron chi connectivity index (χ4n) is 3.65. The Morgan fingerprint density at radius 1 is 0.560 bits per heavy atom. The first-order valence-electron chi connectivity index (χ1n) is 9.56. The molecule has 0 aliphatic rings. The average Bonchev–Trinajstić information content (AvgIpc) is 2.65. The molecule has 8 heteroatoms. The predicted octanol–water partition coefficient (Wildman–Crippen LogP) is 2.46. The van der Waals surface area contributed by atoms with Crippen LogP contribution in [0.1, 0.15) is 41.5 Å². The van der Waals surface area contributed by atoms with Crippen molar-refractivity contribution in [2.24, 2.45) is 0 Å². The van der Waals surface area contributed by atoms with Crippen molar-refractivity contribution in [3.8, 4) is 0 Å². The lowest BCUT2D eigenvalue weighted by Gasteiger charge is -2.51. The molecule has 0 saturated heterocycles. The zero-order valence-corrected chi connectivity index (χ0v) is 20.0. The molecule has 0 rings (SSSR count). The second-order valence-electron chi connectivity index (χ2n) is 5.75. The van der Waals surface area contributed by atoms with Crippen molar-refractivity contribution in [1.82, 2.24) is 13.7 Å². The van der Waals surface area contributed by atoms with Gasteiger partial charge in [0.15, 0.2) is 0 Å². The molecular formula is C17H41N3O3Si2. The van der Waals surface area contributed by atoms with Crippen LogP contribution in [0, 0.1) is 0 Å². The number of rotatable bonds is 14. The van der Waals surface area contributed by atoms with Gasteiger partial charge in [-0.2, -0.15) is 0 Å². The van der Waals surface area contributed by atoms with Gasteiger partial charge >= 0.3 is 17.4 Å². The van der Waals surface area contributed by atoms with Gasteiger partial charge in [-0.05, 0) is 45.0 Å². The smallest absolute Gasteiger partial charge is 0.374 e. The lowest BCUT2D eigenvalue weighted by Crippen LogP contribution is -2.74. The molecule has 0 bridgehead atoms. The Bertz CT molecular complexity index is 331. The van der Waals surface area contributed by atoms with E-state index in [1.807, 2.05) is 0 Å². The van der Waals surface area contributed by atoms with Crippen LogP contribution in [-0.4, -0.2) is 91.7 Å². The predicted molar refractivity (Wildman–Crippen MR) is 110 cm³/mol. The summed E-state index contributed by atoms with van der Waals surface area (Å²) in [7, 11) is 0.00170. The Labute approximate surface area is 158 Å². The van der Waals surface area contributed by atoms with E-state index in [1.165, 1.54) is 0 Å². The normalized spacial score (nSPS) is 13.8. The summed E-state index contributed by atoms with van der Waals surface area (Å²) in [5.41, 5.74) is 4.47. The van der Waals surface area contributed by atoms with Gasteiger partial charge in [-0.15, -0.1) is 0 Å². The maximum atomic E-state index is 5.65. The van der Waals surface area contributed by atoms with Gasteiger partial charge in [-0.1, -0.05) is 47.2 Å². The molecule has 0 spiro atoms. The van der Waals surface area contributed by atoms with Crippen LogP contribution in [-0.2, 0) is 13.3 Å². The van der Waals surface area contributed by atoms with Crippen molar-refractivity contribution in [1.29, 1.82) is 0 Å². The minimum atomic E-state index is -2.77. The average molecular weight is 392 g/mol. The summed E-state index contributed by atoms with van der Waals surface area (Å²) in [5.74, 6) is 0. The van der Waals surface area contributed by atoms with Gasteiger partial charge in [0.1, 0.15) is 0 Å². The van der Waals surface area contributed by atoms with E-state index in [-0.39, 0.29) is 0 Å². The Balaban J connectivity index is 6.41. The fourth-order valence-corrected chi connectivity index (χ4v) is 10.9. The van der Waals surface area contributed by atoms with Crippen LogP contribution in [0.5, 0.6) is 0 Å². The third-order valence-corrected chi connectivity index (χ3v) is 13.0. The summed E-state index contributed by atoms with van der Waals surface area (Å²) in [6.45, 7) is 19.6. The standard InChI is InChI=1S/C17H41N3O3Si2/c1-10-18(11-2)24(19(12-3)13-4,20(14-5)15-6)16-17-25(21-7,22-8)23-9/h16-17H,10-15H2,1-9H3. The molecule has 0 radical (unpaired) electrons. The minimum absolute atomic E-state index is 1.02. The van der Waals surface area contributed by atoms with Gasteiger partial charge in [-0.3, -0.25) is 13.7 Å². The number of hydrogen-bond acceptors (Lipinski definition) is 6. The second kappa shape index (κ2) is 12.3. The highest BCUT2D eigenvalue weighted by atomic mass is 28.4. The third-order valence-electron chi connectivity index (χ3n) is 5.05. The SMILES string of the molecule is CCN(CC)[Si](C=C[Si](OC)(OC)OC)(N(CC)CC)N(CC)CC. The Morgan fingerprint density at radius 2 is 0.840 bits per heavy atom. The first kappa shape index (κ1) is 24.9. The lowest BCUT2D eigenvalue weighted by atomic mass is 10.6. The monoisotopic (exact) mass is 391 g/mol. The van der Waals surface area contributed by atoms with Gasteiger partial charge in [0, 0.05) is 21.3 Å². The molecule has 0 aliphatic heterocycles. The molecule has 150 valence electrons.